The number of rotatable bonds is 7. The average Bonchev–Trinajstić information content (AvgIpc) is 2.75. The number of sulfonamides is 1. The summed E-state index contributed by atoms with van der Waals surface area (Å²) in [6.07, 6.45) is 0. The number of halogens is 2. The van der Waals surface area contributed by atoms with E-state index in [2.05, 4.69) is 10.2 Å². The smallest absolute Gasteiger partial charge is 0.252 e. The monoisotopic (exact) mass is 471 g/mol. The molecule has 1 aliphatic rings. The molecule has 10 heteroatoms. The number of ether oxygens (including phenoxy) is 1. The molecular weight excluding hydrogens is 449 g/mol. The molecule has 1 N–H and O–H groups in total. The lowest BCUT2D eigenvalue weighted by atomic mass is 10.2. The molecule has 1 saturated heterocycles. The molecule has 0 spiro atoms. The molecule has 2 aromatic carbocycles. The minimum Gasteiger partial charge on any atom is -0.495 e. The fourth-order valence-electron chi connectivity index (χ4n) is 3.29. The van der Waals surface area contributed by atoms with E-state index in [4.69, 9.17) is 27.9 Å². The molecule has 3 rings (SSSR count). The summed E-state index contributed by atoms with van der Waals surface area (Å²) in [6.45, 7) is 1.84. The molecule has 7 nitrogen and oxygen atoms in total. The third kappa shape index (κ3) is 5.37. The number of nitrogens with zero attached hydrogens (tertiary/aromatic N) is 2. The van der Waals surface area contributed by atoms with Gasteiger partial charge in [0.2, 0.25) is 10.0 Å². The van der Waals surface area contributed by atoms with Crippen molar-refractivity contribution in [1.82, 2.24) is 9.62 Å². The van der Waals surface area contributed by atoms with Crippen molar-refractivity contribution in [3.05, 3.63) is 58.1 Å². The van der Waals surface area contributed by atoms with Crippen LogP contribution in [0.5, 0.6) is 5.75 Å². The molecule has 2 aromatic rings. The molecule has 0 aliphatic carbocycles. The highest BCUT2D eigenvalue weighted by Crippen LogP contribution is 2.28. The Balaban J connectivity index is 1.53. The zero-order valence-corrected chi connectivity index (χ0v) is 18.8. The third-order valence-corrected chi connectivity index (χ3v) is 7.31. The molecule has 0 bridgehead atoms. The van der Waals surface area contributed by atoms with E-state index in [0.717, 1.165) is 11.4 Å². The van der Waals surface area contributed by atoms with Gasteiger partial charge in [0.1, 0.15) is 5.75 Å². The van der Waals surface area contributed by atoms with Crippen molar-refractivity contribution in [1.29, 1.82) is 0 Å². The molecule has 162 valence electrons. The Bertz CT molecular complexity index is 1010. The van der Waals surface area contributed by atoms with E-state index >= 15 is 0 Å². The first-order chi connectivity index (χ1) is 14.3. The van der Waals surface area contributed by atoms with E-state index < -0.39 is 15.9 Å². The van der Waals surface area contributed by atoms with Crippen LogP contribution in [0.4, 0.5) is 5.69 Å². The molecule has 1 heterocycles. The van der Waals surface area contributed by atoms with Gasteiger partial charge in [0.15, 0.2) is 0 Å². The molecule has 1 aliphatic heterocycles. The first-order valence-corrected chi connectivity index (χ1v) is 11.8. The van der Waals surface area contributed by atoms with Gasteiger partial charge >= 0.3 is 0 Å². The summed E-state index contributed by atoms with van der Waals surface area (Å²) < 4.78 is 32.2. The van der Waals surface area contributed by atoms with Gasteiger partial charge in [-0.15, -0.1) is 0 Å². The lowest BCUT2D eigenvalue weighted by Gasteiger charge is -2.36. The molecule has 0 aromatic heterocycles. The predicted octanol–water partition coefficient (Wildman–Crippen LogP) is 2.88. The van der Waals surface area contributed by atoms with Gasteiger partial charge in [-0.1, -0.05) is 35.3 Å². The number of hydrogen-bond acceptors (Lipinski definition) is 5. The topological polar surface area (TPSA) is 79.0 Å². The number of methoxy groups -OCH3 is 1. The summed E-state index contributed by atoms with van der Waals surface area (Å²) in [6, 6.07) is 12.2. The van der Waals surface area contributed by atoms with Crippen molar-refractivity contribution in [3.8, 4) is 5.75 Å². The summed E-state index contributed by atoms with van der Waals surface area (Å²) in [5, 5.41) is 3.23. The Morgan fingerprint density at radius 3 is 2.50 bits per heavy atom. The number of hydrogen-bond donors (Lipinski definition) is 1. The SMILES string of the molecule is COc1ccccc1N1CCN(S(=O)(=O)CCNC(=O)c2cc(Cl)ccc2Cl)CC1. The van der Waals surface area contributed by atoms with E-state index in [-0.39, 0.29) is 22.9 Å². The minimum atomic E-state index is -3.50. The van der Waals surface area contributed by atoms with Gasteiger partial charge in [0.25, 0.3) is 5.91 Å². The molecule has 0 atom stereocenters. The number of anilines is 1. The second-order valence-corrected chi connectivity index (χ2v) is 9.69. The standard InChI is InChI=1S/C20H23Cl2N3O4S/c1-29-19-5-3-2-4-18(19)24-9-11-25(12-10-24)30(27,28)13-8-23-20(26)16-14-15(21)6-7-17(16)22/h2-7,14H,8-13H2,1H3,(H,23,26). The maximum atomic E-state index is 12.7. The third-order valence-electron chi connectivity index (χ3n) is 4.88. The Morgan fingerprint density at radius 1 is 1.10 bits per heavy atom. The fraction of sp³-hybridized carbons (Fsp3) is 0.350. The number of carbonyl (C=O) groups is 1. The average molecular weight is 472 g/mol. The molecule has 0 saturated carbocycles. The summed E-state index contributed by atoms with van der Waals surface area (Å²) >= 11 is 11.9. The molecule has 0 unspecified atom stereocenters. The number of para-hydroxylation sites is 2. The van der Waals surface area contributed by atoms with Gasteiger partial charge in [-0.2, -0.15) is 4.31 Å². The van der Waals surface area contributed by atoms with Crippen LogP contribution >= 0.6 is 23.2 Å². The number of amides is 1. The van der Waals surface area contributed by atoms with E-state index in [1.807, 2.05) is 24.3 Å². The maximum Gasteiger partial charge on any atom is 0.252 e. The number of benzene rings is 2. The molecule has 1 amide bonds. The zero-order chi connectivity index (χ0) is 21.7. The quantitative estimate of drug-likeness (QED) is 0.671. The van der Waals surface area contributed by atoms with Gasteiger partial charge in [0.05, 0.1) is 29.1 Å². The Kier molecular flexibility index (Phi) is 7.46. The van der Waals surface area contributed by atoms with Crippen LogP contribution in [0, 0.1) is 0 Å². The Hall–Kier alpha value is -2.00. The minimum absolute atomic E-state index is 0.0171. The van der Waals surface area contributed by atoms with Crippen molar-refractivity contribution >= 4 is 44.8 Å². The zero-order valence-electron chi connectivity index (χ0n) is 16.5. The second-order valence-electron chi connectivity index (χ2n) is 6.75. The van der Waals surface area contributed by atoms with Gasteiger partial charge in [-0.25, -0.2) is 8.42 Å². The number of nitrogens with one attached hydrogen (secondary N) is 1. The van der Waals surface area contributed by atoms with Crippen LogP contribution in [-0.4, -0.2) is 64.2 Å². The highest BCUT2D eigenvalue weighted by atomic mass is 35.5. The van der Waals surface area contributed by atoms with Gasteiger partial charge < -0.3 is 15.0 Å². The van der Waals surface area contributed by atoms with E-state index in [1.54, 1.807) is 13.2 Å². The number of piperazine rings is 1. The summed E-state index contributed by atoms with van der Waals surface area (Å²) in [7, 11) is -1.88. The second kappa shape index (κ2) is 9.87. The van der Waals surface area contributed by atoms with Crippen molar-refractivity contribution in [2.45, 2.75) is 0 Å². The highest BCUT2D eigenvalue weighted by molar-refractivity contribution is 7.89. The van der Waals surface area contributed by atoms with Crippen molar-refractivity contribution < 1.29 is 17.9 Å². The van der Waals surface area contributed by atoms with Crippen LogP contribution in [-0.2, 0) is 10.0 Å². The van der Waals surface area contributed by atoms with Gasteiger partial charge in [-0.05, 0) is 30.3 Å². The Morgan fingerprint density at radius 2 is 1.80 bits per heavy atom. The van der Waals surface area contributed by atoms with Crippen LogP contribution in [0.1, 0.15) is 10.4 Å². The molecule has 0 radical (unpaired) electrons. The molecule has 1 fully saturated rings. The van der Waals surface area contributed by atoms with Crippen LogP contribution in [0.25, 0.3) is 0 Å². The van der Waals surface area contributed by atoms with E-state index in [1.165, 1.54) is 16.4 Å². The van der Waals surface area contributed by atoms with Gasteiger partial charge in [-0.3, -0.25) is 4.79 Å². The fourth-order valence-corrected chi connectivity index (χ4v) is 5.00. The van der Waals surface area contributed by atoms with Crippen LogP contribution in [0.2, 0.25) is 10.0 Å². The van der Waals surface area contributed by atoms with Crippen LogP contribution in [0.3, 0.4) is 0 Å². The van der Waals surface area contributed by atoms with Crippen molar-refractivity contribution in [2.24, 2.45) is 0 Å². The summed E-state index contributed by atoms with van der Waals surface area (Å²) in [5.41, 5.74) is 1.16. The van der Waals surface area contributed by atoms with E-state index in [0.29, 0.717) is 31.2 Å². The first kappa shape index (κ1) is 22.7. The summed E-state index contributed by atoms with van der Waals surface area (Å²) in [5.74, 6) is 0.112. The lowest BCUT2D eigenvalue weighted by molar-refractivity contribution is 0.0956. The molecule has 30 heavy (non-hydrogen) atoms. The highest BCUT2D eigenvalue weighted by Gasteiger charge is 2.27. The van der Waals surface area contributed by atoms with E-state index in [9.17, 15) is 13.2 Å². The normalized spacial score (nSPS) is 15.1. The Labute approximate surface area is 186 Å². The predicted molar refractivity (Wildman–Crippen MR) is 119 cm³/mol. The van der Waals surface area contributed by atoms with Crippen LogP contribution < -0.4 is 15.0 Å². The maximum absolute atomic E-state index is 12.7. The largest absolute Gasteiger partial charge is 0.495 e. The summed E-state index contributed by atoms with van der Waals surface area (Å²) in [4.78, 5) is 14.4. The van der Waals surface area contributed by atoms with Crippen LogP contribution in [0.15, 0.2) is 42.5 Å². The molecular formula is C20H23Cl2N3O4S. The van der Waals surface area contributed by atoms with Gasteiger partial charge in [0, 0.05) is 37.7 Å². The first-order valence-electron chi connectivity index (χ1n) is 9.41. The van der Waals surface area contributed by atoms with Crippen molar-refractivity contribution in [3.63, 3.8) is 0 Å². The van der Waals surface area contributed by atoms with Crippen molar-refractivity contribution in [2.75, 3.05) is 50.5 Å². The number of carbonyl (C=O) groups excluding carboxylic acids is 1. The lowest BCUT2D eigenvalue weighted by Crippen LogP contribution is -2.50.